The lowest BCUT2D eigenvalue weighted by Crippen LogP contribution is -2.69. The summed E-state index contributed by atoms with van der Waals surface area (Å²) in [6.45, 7) is -0.899. The number of nitrogens with one attached hydrogen (secondary N) is 1. The summed E-state index contributed by atoms with van der Waals surface area (Å²) in [6.07, 6.45) is -19.9. The normalized spacial score (nSPS) is 40.0. The number of hydrogen-bond donors (Lipinski definition) is 17. The number of rotatable bonds is 10. The summed E-state index contributed by atoms with van der Waals surface area (Å²) in [7, 11) is -9.33. The van der Waals surface area contributed by atoms with Gasteiger partial charge < -0.3 is 88.1 Å². The standard InChI is InChI=1S/C22H43N5O13.2H2O4S/c23-2-1-8(29)20(36)27-7-3-6(25)18(39-21-14(32)11(26)12(30)10(5-28)38-21)17(35)19(7)40-22-16(34)15(33)13(31)9(4-24)37-22;2*1-5(2,3)4/h6-19,21-22,28-35H,1-5,23-26H2,(H,27,36);2*(H2,1,2,3,4)/t6-,7+,8+,9-,10-,11+,12-,13-,14-,15+,16-,17-,18+,19-,21-,22-;;/m1../s1. The van der Waals surface area contributed by atoms with E-state index in [2.05, 4.69) is 5.32 Å². The summed E-state index contributed by atoms with van der Waals surface area (Å²) < 4.78 is 85.7. The van der Waals surface area contributed by atoms with E-state index in [1.54, 1.807) is 0 Å². The highest BCUT2D eigenvalue weighted by atomic mass is 32.3. The van der Waals surface area contributed by atoms with Crippen molar-refractivity contribution in [3.05, 3.63) is 0 Å². The summed E-state index contributed by atoms with van der Waals surface area (Å²) in [6, 6.07) is -3.42. The first-order valence-electron chi connectivity index (χ1n) is 14.5. The molecule has 3 aliphatic rings. The first-order valence-corrected chi connectivity index (χ1v) is 17.3. The maximum Gasteiger partial charge on any atom is 0.394 e. The van der Waals surface area contributed by atoms with Crippen molar-refractivity contribution >= 4 is 26.7 Å². The molecule has 0 aromatic heterocycles. The summed E-state index contributed by atoms with van der Waals surface area (Å²) in [5, 5.41) is 84.9. The van der Waals surface area contributed by atoms with Crippen LogP contribution in [0, 0.1) is 0 Å². The minimum atomic E-state index is -4.67. The van der Waals surface area contributed by atoms with E-state index >= 15 is 0 Å². The predicted octanol–water partition coefficient (Wildman–Crippen LogP) is -9.73. The molecule has 1 aliphatic carbocycles. The lowest BCUT2D eigenvalue weighted by Gasteiger charge is -2.49. The van der Waals surface area contributed by atoms with Gasteiger partial charge in [0.05, 0.1) is 18.7 Å². The van der Waals surface area contributed by atoms with Gasteiger partial charge in [0.25, 0.3) is 0 Å². The first-order chi connectivity index (χ1) is 22.9. The van der Waals surface area contributed by atoms with E-state index in [4.69, 9.17) is 76.9 Å². The van der Waals surface area contributed by atoms with Gasteiger partial charge in [0, 0.05) is 12.6 Å². The van der Waals surface area contributed by atoms with Crippen LogP contribution < -0.4 is 28.3 Å². The Morgan fingerprint density at radius 1 is 0.760 bits per heavy atom. The van der Waals surface area contributed by atoms with E-state index < -0.39 is 131 Å². The second kappa shape index (κ2) is 20.1. The minimum absolute atomic E-state index is 0.00934. The molecule has 2 heterocycles. The Labute approximate surface area is 285 Å². The van der Waals surface area contributed by atoms with E-state index in [1.807, 2.05) is 0 Å². The molecular weight excluding hydrogens is 734 g/mol. The molecule has 0 aromatic carbocycles. The molecule has 3 rings (SSSR count). The molecule has 3 fully saturated rings. The van der Waals surface area contributed by atoms with Crippen molar-refractivity contribution in [3.8, 4) is 0 Å². The zero-order valence-corrected chi connectivity index (χ0v) is 27.6. The van der Waals surface area contributed by atoms with E-state index in [-0.39, 0.29) is 25.9 Å². The van der Waals surface area contributed by atoms with Crippen LogP contribution in [0.2, 0.25) is 0 Å². The molecule has 0 bridgehead atoms. The van der Waals surface area contributed by atoms with Crippen molar-refractivity contribution in [3.63, 3.8) is 0 Å². The van der Waals surface area contributed by atoms with Crippen LogP contribution in [-0.4, -0.2) is 199 Å². The summed E-state index contributed by atoms with van der Waals surface area (Å²) in [5.74, 6) is -0.847. The second-order valence-electron chi connectivity index (χ2n) is 11.2. The average Bonchev–Trinajstić information content (AvgIpc) is 2.99. The van der Waals surface area contributed by atoms with Crippen LogP contribution in [0.1, 0.15) is 12.8 Å². The van der Waals surface area contributed by atoms with Crippen LogP contribution >= 0.6 is 0 Å². The van der Waals surface area contributed by atoms with Crippen LogP contribution in [0.4, 0.5) is 0 Å². The third kappa shape index (κ3) is 14.5. The molecule has 21 N–H and O–H groups in total. The first kappa shape index (κ1) is 46.6. The van der Waals surface area contributed by atoms with Gasteiger partial charge >= 0.3 is 20.8 Å². The number of carbonyl (C=O) groups excluding carboxylic acids is 1. The van der Waals surface area contributed by atoms with Crippen molar-refractivity contribution in [2.24, 2.45) is 22.9 Å². The van der Waals surface area contributed by atoms with E-state index in [0.29, 0.717) is 0 Å². The fourth-order valence-electron chi connectivity index (χ4n) is 5.07. The zero-order valence-electron chi connectivity index (χ0n) is 25.9. The van der Waals surface area contributed by atoms with Gasteiger partial charge in [0.15, 0.2) is 12.6 Å². The van der Waals surface area contributed by atoms with Crippen LogP contribution in [0.3, 0.4) is 0 Å². The Morgan fingerprint density at radius 3 is 1.72 bits per heavy atom. The molecule has 50 heavy (non-hydrogen) atoms. The molecule has 0 aromatic rings. The molecule has 2 saturated heterocycles. The highest BCUT2D eigenvalue weighted by molar-refractivity contribution is 7.80. The summed E-state index contributed by atoms with van der Waals surface area (Å²) >= 11 is 0. The molecule has 1 saturated carbocycles. The lowest BCUT2D eigenvalue weighted by atomic mass is 9.83. The number of ether oxygens (including phenoxy) is 4. The van der Waals surface area contributed by atoms with Gasteiger partial charge in [-0.25, -0.2) is 0 Å². The summed E-state index contributed by atoms with van der Waals surface area (Å²) in [4.78, 5) is 12.6. The Kier molecular flexibility index (Phi) is 18.8. The highest BCUT2D eigenvalue weighted by Gasteiger charge is 2.52. The molecule has 2 aliphatic heterocycles. The Balaban J connectivity index is 0.00000109. The Hall–Kier alpha value is -1.43. The van der Waals surface area contributed by atoms with Crippen LogP contribution in [0.15, 0.2) is 0 Å². The predicted molar refractivity (Wildman–Crippen MR) is 160 cm³/mol. The largest absolute Gasteiger partial charge is 0.394 e. The fraction of sp³-hybridized carbons (Fsp3) is 0.955. The number of aliphatic hydroxyl groups is 8. The highest BCUT2D eigenvalue weighted by Crippen LogP contribution is 2.32. The van der Waals surface area contributed by atoms with Gasteiger partial charge in [0.1, 0.15) is 67.1 Å². The molecule has 0 radical (unpaired) electrons. The lowest BCUT2D eigenvalue weighted by molar-refractivity contribution is -0.332. The van der Waals surface area contributed by atoms with Crippen LogP contribution in [0.5, 0.6) is 0 Å². The maximum absolute atomic E-state index is 12.6. The van der Waals surface area contributed by atoms with E-state index in [9.17, 15) is 45.6 Å². The Bertz CT molecular complexity index is 1200. The molecule has 28 heteroatoms. The second-order valence-corrected chi connectivity index (χ2v) is 13.0. The van der Waals surface area contributed by atoms with E-state index in [0.717, 1.165) is 0 Å². The fourth-order valence-corrected chi connectivity index (χ4v) is 5.07. The third-order valence-electron chi connectivity index (χ3n) is 7.51. The van der Waals surface area contributed by atoms with Crippen molar-refractivity contribution in [1.82, 2.24) is 5.32 Å². The van der Waals surface area contributed by atoms with Crippen LogP contribution in [0.25, 0.3) is 0 Å². The molecular formula is C22H47N5O21S2. The number of aliphatic hydroxyl groups excluding tert-OH is 8. The molecule has 26 nitrogen and oxygen atoms in total. The van der Waals surface area contributed by atoms with E-state index in [1.165, 1.54) is 0 Å². The molecule has 298 valence electrons. The molecule has 0 spiro atoms. The van der Waals surface area contributed by atoms with Crippen molar-refractivity contribution < 1.29 is 99.6 Å². The van der Waals surface area contributed by atoms with Gasteiger partial charge in [-0.3, -0.25) is 23.0 Å². The minimum Gasteiger partial charge on any atom is -0.394 e. The van der Waals surface area contributed by atoms with Crippen molar-refractivity contribution in [1.29, 1.82) is 0 Å². The average molecular weight is 782 g/mol. The van der Waals surface area contributed by atoms with Gasteiger partial charge in [-0.1, -0.05) is 0 Å². The smallest absolute Gasteiger partial charge is 0.394 e. The SMILES string of the molecule is NCC[C@H](O)C(=O)N[C@H]1C[C@@H](N)[C@H](O[C@H]2O[C@H](CO)[C@@H](O)[C@H](N)[C@H]2O)[C@@H](O)[C@@H]1O[C@H]1O[C@H](CN)[C@@H](O)[C@H](O)[C@H]1O.O=S(=O)(O)O.O=S(=O)(O)O. The number of carbonyl (C=O) groups is 1. The monoisotopic (exact) mass is 781 g/mol. The van der Waals surface area contributed by atoms with Crippen LogP contribution in [-0.2, 0) is 44.5 Å². The number of hydrogen-bond acceptors (Lipinski definition) is 21. The number of amides is 1. The summed E-state index contributed by atoms with van der Waals surface area (Å²) in [5.41, 5.74) is 23.1. The maximum atomic E-state index is 12.6. The number of nitrogens with two attached hydrogens (primary N) is 4. The van der Waals surface area contributed by atoms with Crippen molar-refractivity contribution in [2.45, 2.75) is 111 Å². The molecule has 1 amide bonds. The zero-order chi connectivity index (χ0) is 38.9. The van der Waals surface area contributed by atoms with Gasteiger partial charge in [-0.15, -0.1) is 0 Å². The quantitative estimate of drug-likeness (QED) is 0.0915. The van der Waals surface area contributed by atoms with Crippen molar-refractivity contribution in [2.75, 3.05) is 19.7 Å². The Morgan fingerprint density at radius 2 is 1.24 bits per heavy atom. The topological polar surface area (TPSA) is 481 Å². The third-order valence-corrected chi connectivity index (χ3v) is 7.51. The molecule has 0 unspecified atom stereocenters. The van der Waals surface area contributed by atoms with Gasteiger partial charge in [-0.05, 0) is 19.4 Å². The molecule has 16 atom stereocenters. The van der Waals surface area contributed by atoms with Gasteiger partial charge in [-0.2, -0.15) is 16.8 Å². The van der Waals surface area contributed by atoms with Gasteiger partial charge in [0.2, 0.25) is 5.91 Å².